The molecule has 104 valence electrons. The van der Waals surface area contributed by atoms with Crippen molar-refractivity contribution in [3.05, 3.63) is 35.8 Å². The summed E-state index contributed by atoms with van der Waals surface area (Å²) in [5, 5.41) is 9.90. The number of hydrogen-bond donors (Lipinski definition) is 1. The lowest BCUT2D eigenvalue weighted by molar-refractivity contribution is -0.170. The summed E-state index contributed by atoms with van der Waals surface area (Å²) in [5.41, 5.74) is 1.21. The maximum absolute atomic E-state index is 9.90. The van der Waals surface area contributed by atoms with Gasteiger partial charge in [-0.05, 0) is 30.9 Å². The molecule has 19 heavy (non-hydrogen) atoms. The van der Waals surface area contributed by atoms with E-state index in [0.29, 0.717) is 24.4 Å². The third-order valence-electron chi connectivity index (χ3n) is 5.37. The molecule has 5 atom stereocenters. The highest BCUT2D eigenvalue weighted by Gasteiger charge is 2.53. The number of hydrogen-bond acceptors (Lipinski definition) is 3. The molecule has 1 aliphatic carbocycles. The van der Waals surface area contributed by atoms with Crippen molar-refractivity contribution in [2.75, 3.05) is 13.2 Å². The molecule has 1 N–H and O–H groups in total. The van der Waals surface area contributed by atoms with Gasteiger partial charge in [0.05, 0.1) is 19.5 Å². The first-order valence-corrected chi connectivity index (χ1v) is 7.04. The first-order valence-electron chi connectivity index (χ1n) is 7.04. The van der Waals surface area contributed by atoms with Crippen LogP contribution in [0.3, 0.4) is 0 Å². The predicted molar refractivity (Wildman–Crippen MR) is 72.5 cm³/mol. The molecule has 3 nitrogen and oxygen atoms in total. The van der Waals surface area contributed by atoms with E-state index in [-0.39, 0.29) is 18.1 Å². The van der Waals surface area contributed by atoms with Gasteiger partial charge in [-0.25, -0.2) is 0 Å². The smallest absolute Gasteiger partial charge is 0.133 e. The van der Waals surface area contributed by atoms with E-state index in [4.69, 9.17) is 9.15 Å². The average Bonchev–Trinajstić information content (AvgIpc) is 2.90. The van der Waals surface area contributed by atoms with Crippen LogP contribution in [0, 0.1) is 23.2 Å². The third kappa shape index (κ3) is 1.72. The zero-order valence-corrected chi connectivity index (χ0v) is 11.8. The summed E-state index contributed by atoms with van der Waals surface area (Å²) >= 11 is 0. The Morgan fingerprint density at radius 3 is 2.84 bits per heavy atom. The van der Waals surface area contributed by atoms with Crippen LogP contribution in [0.5, 0.6) is 0 Å². The van der Waals surface area contributed by atoms with Gasteiger partial charge in [0.2, 0.25) is 0 Å². The largest absolute Gasteiger partial charge is 0.467 e. The fraction of sp³-hybridized carbons (Fsp3) is 0.625. The molecule has 0 unspecified atom stereocenters. The van der Waals surface area contributed by atoms with Crippen LogP contribution < -0.4 is 0 Å². The highest BCUT2D eigenvalue weighted by atomic mass is 16.5. The number of rotatable bonds is 2. The van der Waals surface area contributed by atoms with E-state index in [0.717, 1.165) is 5.76 Å². The summed E-state index contributed by atoms with van der Waals surface area (Å²) in [5.74, 6) is 1.93. The maximum Gasteiger partial charge on any atom is 0.133 e. The molecule has 1 fully saturated rings. The molecule has 2 bridgehead atoms. The quantitative estimate of drug-likeness (QED) is 0.832. The second kappa shape index (κ2) is 4.50. The molecular formula is C16H22O3. The van der Waals surface area contributed by atoms with Crippen LogP contribution >= 0.6 is 0 Å². The van der Waals surface area contributed by atoms with Gasteiger partial charge in [0.15, 0.2) is 0 Å². The van der Waals surface area contributed by atoms with Crippen LogP contribution in [-0.2, 0) is 4.74 Å². The van der Waals surface area contributed by atoms with Crippen molar-refractivity contribution >= 4 is 0 Å². The first-order chi connectivity index (χ1) is 9.10. The Bertz CT molecular complexity index is 476. The van der Waals surface area contributed by atoms with Crippen LogP contribution in [0.15, 0.2) is 34.5 Å². The molecule has 0 spiro atoms. The molecule has 3 heteroatoms. The van der Waals surface area contributed by atoms with Gasteiger partial charge in [-0.3, -0.25) is 0 Å². The Morgan fingerprint density at radius 2 is 2.21 bits per heavy atom. The van der Waals surface area contributed by atoms with E-state index in [1.165, 1.54) is 5.57 Å². The van der Waals surface area contributed by atoms with Crippen molar-refractivity contribution in [1.82, 2.24) is 0 Å². The van der Waals surface area contributed by atoms with Crippen LogP contribution in [-0.4, -0.2) is 18.3 Å². The third-order valence-corrected chi connectivity index (χ3v) is 5.37. The molecule has 3 rings (SSSR count). The normalized spacial score (nSPS) is 42.0. The van der Waals surface area contributed by atoms with Crippen molar-refractivity contribution in [2.24, 2.45) is 23.2 Å². The van der Waals surface area contributed by atoms with Crippen LogP contribution in [0.2, 0.25) is 0 Å². The van der Waals surface area contributed by atoms with Crippen molar-refractivity contribution in [2.45, 2.75) is 26.9 Å². The van der Waals surface area contributed by atoms with Gasteiger partial charge in [0.1, 0.15) is 11.9 Å². The van der Waals surface area contributed by atoms with Crippen LogP contribution in [0.1, 0.15) is 32.6 Å². The van der Waals surface area contributed by atoms with Crippen LogP contribution in [0.4, 0.5) is 0 Å². The lowest BCUT2D eigenvalue weighted by atomic mass is 9.56. The van der Waals surface area contributed by atoms with Crippen molar-refractivity contribution in [3.63, 3.8) is 0 Å². The van der Waals surface area contributed by atoms with Gasteiger partial charge >= 0.3 is 0 Å². The lowest BCUT2D eigenvalue weighted by Gasteiger charge is -2.54. The molecule has 0 amide bonds. The van der Waals surface area contributed by atoms with Gasteiger partial charge in [-0.15, -0.1) is 0 Å². The second-order valence-electron chi connectivity index (χ2n) is 6.15. The van der Waals surface area contributed by atoms with Gasteiger partial charge in [-0.1, -0.05) is 25.5 Å². The van der Waals surface area contributed by atoms with Gasteiger partial charge in [0, 0.05) is 11.3 Å². The maximum atomic E-state index is 9.90. The summed E-state index contributed by atoms with van der Waals surface area (Å²) < 4.78 is 11.6. The van der Waals surface area contributed by atoms with Gasteiger partial charge in [0.25, 0.3) is 0 Å². The molecule has 1 aliphatic heterocycles. The monoisotopic (exact) mass is 262 g/mol. The molecule has 1 saturated heterocycles. The molecule has 1 aromatic rings. The Hall–Kier alpha value is -1.06. The number of aliphatic hydroxyl groups excluding tert-OH is 1. The molecule has 2 heterocycles. The fourth-order valence-electron chi connectivity index (χ4n) is 4.00. The summed E-state index contributed by atoms with van der Waals surface area (Å²) in [6.45, 7) is 7.37. The number of furan rings is 1. The molecule has 2 aliphatic rings. The summed E-state index contributed by atoms with van der Waals surface area (Å²) in [6, 6.07) is 3.89. The zero-order chi connectivity index (χ0) is 13.6. The van der Waals surface area contributed by atoms with E-state index in [1.54, 1.807) is 6.26 Å². The highest BCUT2D eigenvalue weighted by Crippen LogP contribution is 2.55. The fourth-order valence-corrected chi connectivity index (χ4v) is 4.00. The average molecular weight is 262 g/mol. The van der Waals surface area contributed by atoms with Crippen LogP contribution in [0.25, 0.3) is 0 Å². The van der Waals surface area contributed by atoms with E-state index in [1.807, 2.05) is 12.1 Å². The lowest BCUT2D eigenvalue weighted by Crippen LogP contribution is -2.53. The second-order valence-corrected chi connectivity index (χ2v) is 6.15. The number of ether oxygens (including phenoxy) is 1. The molecular weight excluding hydrogens is 240 g/mol. The van der Waals surface area contributed by atoms with Crippen molar-refractivity contribution in [3.8, 4) is 0 Å². The van der Waals surface area contributed by atoms with E-state index in [9.17, 15) is 5.11 Å². The Kier molecular flexibility index (Phi) is 3.06. The molecule has 0 aromatic carbocycles. The zero-order valence-electron chi connectivity index (χ0n) is 11.8. The molecule has 1 aromatic heterocycles. The number of fused-ring (bicyclic) bond motifs is 2. The number of allylic oxidation sites excluding steroid dienone is 1. The summed E-state index contributed by atoms with van der Waals surface area (Å²) in [6.07, 6.45) is 3.98. The Morgan fingerprint density at radius 1 is 1.42 bits per heavy atom. The van der Waals surface area contributed by atoms with Crippen molar-refractivity contribution in [1.29, 1.82) is 0 Å². The minimum absolute atomic E-state index is 0.0200. The minimum atomic E-state index is -0.146. The SMILES string of the molecule is CC1=C[C@@H](C)[C@@]2(CO)CO[C@@H](c3ccco3)[C@@H]1[C@@H]2C. The molecule has 0 radical (unpaired) electrons. The topological polar surface area (TPSA) is 42.6 Å². The number of aliphatic hydroxyl groups is 1. The van der Waals surface area contributed by atoms with Gasteiger partial charge in [-0.2, -0.15) is 0 Å². The van der Waals surface area contributed by atoms with E-state index < -0.39 is 0 Å². The first kappa shape index (κ1) is 12.9. The summed E-state index contributed by atoms with van der Waals surface area (Å²) in [4.78, 5) is 0. The Labute approximate surface area is 114 Å². The predicted octanol–water partition coefficient (Wildman–Crippen LogP) is 3.18. The summed E-state index contributed by atoms with van der Waals surface area (Å²) in [7, 11) is 0. The minimum Gasteiger partial charge on any atom is -0.467 e. The molecule has 0 saturated carbocycles. The highest BCUT2D eigenvalue weighted by molar-refractivity contribution is 5.23. The standard InChI is InChI=1S/C16H22O3/c1-10-7-11(2)16(8-17)9-19-15(14(10)12(16)3)13-5-4-6-18-13/h4-7,11-12,14-15,17H,8-9H2,1-3H3/t11-,12+,14+,15+,16-/m1/s1. The van der Waals surface area contributed by atoms with E-state index >= 15 is 0 Å². The van der Waals surface area contributed by atoms with Crippen molar-refractivity contribution < 1.29 is 14.3 Å². The van der Waals surface area contributed by atoms with E-state index in [2.05, 4.69) is 26.8 Å². The Balaban J connectivity index is 2.03. The van der Waals surface area contributed by atoms with Gasteiger partial charge < -0.3 is 14.3 Å².